The summed E-state index contributed by atoms with van der Waals surface area (Å²) in [7, 11) is 0. The predicted molar refractivity (Wildman–Crippen MR) is 52.2 cm³/mol. The average Bonchev–Trinajstić information content (AvgIpc) is 2.48. The van der Waals surface area contributed by atoms with Crippen LogP contribution in [0.1, 0.15) is 19.5 Å². The van der Waals surface area contributed by atoms with Gasteiger partial charge in [-0.1, -0.05) is 13.8 Å². The minimum Gasteiger partial charge on any atom is -0.299 e. The Balaban J connectivity index is 2.63. The van der Waals surface area contributed by atoms with E-state index in [0.29, 0.717) is 5.92 Å². The van der Waals surface area contributed by atoms with E-state index in [1.807, 2.05) is 16.9 Å². The molecule has 0 spiro atoms. The quantitative estimate of drug-likeness (QED) is 0.520. The summed E-state index contributed by atoms with van der Waals surface area (Å²) >= 11 is 0. The smallest absolute Gasteiger partial charge is 0.142 e. The molecule has 3 heteroatoms. The Morgan fingerprint density at radius 3 is 3.00 bits per heavy atom. The first-order chi connectivity index (χ1) is 6.22. The molecule has 0 aliphatic heterocycles. The van der Waals surface area contributed by atoms with Crippen LogP contribution >= 0.6 is 0 Å². The Bertz CT molecular complexity index is 300. The highest BCUT2D eigenvalue weighted by molar-refractivity contribution is 5.72. The van der Waals surface area contributed by atoms with E-state index in [-0.39, 0.29) is 0 Å². The normalized spacial score (nSPS) is 11.3. The fraction of sp³-hybridized carbons (Fsp3) is 0.400. The molecule has 0 aliphatic rings. The van der Waals surface area contributed by atoms with E-state index in [2.05, 4.69) is 18.9 Å². The van der Waals surface area contributed by atoms with Gasteiger partial charge in [0.1, 0.15) is 6.29 Å². The fourth-order valence-corrected chi connectivity index (χ4v) is 1.08. The van der Waals surface area contributed by atoms with Gasteiger partial charge < -0.3 is 0 Å². The number of hydrogen-bond donors (Lipinski definition) is 0. The second kappa shape index (κ2) is 4.60. The number of allylic oxidation sites excluding steroid dienone is 1. The molecule has 0 aliphatic carbocycles. The van der Waals surface area contributed by atoms with Crippen LogP contribution in [0.3, 0.4) is 0 Å². The SMILES string of the molecule is CC(C)Cn1ccc(/C=C/C=O)n1. The Hall–Kier alpha value is -1.38. The van der Waals surface area contributed by atoms with Crippen molar-refractivity contribution in [3.05, 3.63) is 24.0 Å². The maximum Gasteiger partial charge on any atom is 0.142 e. The van der Waals surface area contributed by atoms with Gasteiger partial charge in [-0.05, 0) is 24.1 Å². The molecule has 3 nitrogen and oxygen atoms in total. The van der Waals surface area contributed by atoms with E-state index in [1.54, 1.807) is 6.08 Å². The van der Waals surface area contributed by atoms with E-state index in [1.165, 1.54) is 6.08 Å². The molecule has 0 unspecified atom stereocenters. The van der Waals surface area contributed by atoms with Gasteiger partial charge in [0.2, 0.25) is 0 Å². The number of rotatable bonds is 4. The monoisotopic (exact) mass is 178 g/mol. The first kappa shape index (κ1) is 9.71. The van der Waals surface area contributed by atoms with E-state index in [9.17, 15) is 4.79 Å². The highest BCUT2D eigenvalue weighted by atomic mass is 16.1. The molecule has 0 N–H and O–H groups in total. The molecule has 1 aromatic heterocycles. The van der Waals surface area contributed by atoms with Crippen molar-refractivity contribution in [1.29, 1.82) is 0 Å². The van der Waals surface area contributed by atoms with Crippen LogP contribution in [0.5, 0.6) is 0 Å². The molecule has 70 valence electrons. The molecule has 0 radical (unpaired) electrons. The zero-order valence-corrected chi connectivity index (χ0v) is 7.97. The van der Waals surface area contributed by atoms with Crippen molar-refractivity contribution >= 4 is 12.4 Å². The molecule has 0 saturated heterocycles. The summed E-state index contributed by atoms with van der Waals surface area (Å²) in [5.74, 6) is 0.586. The van der Waals surface area contributed by atoms with Gasteiger partial charge in [-0.3, -0.25) is 9.48 Å². The van der Waals surface area contributed by atoms with Crippen LogP contribution in [0.2, 0.25) is 0 Å². The maximum absolute atomic E-state index is 10.0. The Kier molecular flexibility index (Phi) is 3.43. The van der Waals surface area contributed by atoms with E-state index in [4.69, 9.17) is 0 Å². The topological polar surface area (TPSA) is 34.9 Å². The lowest BCUT2D eigenvalue weighted by Gasteiger charge is -2.02. The third-order valence-corrected chi connectivity index (χ3v) is 1.56. The van der Waals surface area contributed by atoms with Crippen molar-refractivity contribution in [2.75, 3.05) is 0 Å². The highest BCUT2D eigenvalue weighted by Gasteiger charge is 1.97. The number of aldehydes is 1. The van der Waals surface area contributed by atoms with Crippen LogP contribution in [0, 0.1) is 5.92 Å². The molecule has 1 heterocycles. The summed E-state index contributed by atoms with van der Waals surface area (Å²) in [6.45, 7) is 5.19. The lowest BCUT2D eigenvalue weighted by Crippen LogP contribution is -2.04. The van der Waals surface area contributed by atoms with Crippen LogP contribution in [0.4, 0.5) is 0 Å². The van der Waals surface area contributed by atoms with Crippen molar-refractivity contribution in [3.8, 4) is 0 Å². The van der Waals surface area contributed by atoms with Gasteiger partial charge >= 0.3 is 0 Å². The summed E-state index contributed by atoms with van der Waals surface area (Å²) in [6, 6.07) is 1.89. The van der Waals surface area contributed by atoms with E-state index < -0.39 is 0 Å². The average molecular weight is 178 g/mol. The molecule has 0 fully saturated rings. The summed E-state index contributed by atoms with van der Waals surface area (Å²) in [5.41, 5.74) is 0.827. The molecule has 1 rings (SSSR count). The molecule has 1 aromatic rings. The fourth-order valence-electron chi connectivity index (χ4n) is 1.08. The summed E-state index contributed by atoms with van der Waals surface area (Å²) in [5, 5.41) is 4.26. The summed E-state index contributed by atoms with van der Waals surface area (Å²) in [6.07, 6.45) is 5.82. The second-order valence-corrected chi connectivity index (χ2v) is 3.35. The number of carbonyl (C=O) groups is 1. The number of hydrogen-bond acceptors (Lipinski definition) is 2. The molecule has 13 heavy (non-hydrogen) atoms. The van der Waals surface area contributed by atoms with Gasteiger partial charge in [-0.2, -0.15) is 5.10 Å². The number of nitrogens with zero attached hydrogens (tertiary/aromatic N) is 2. The van der Waals surface area contributed by atoms with Crippen LogP contribution < -0.4 is 0 Å². The number of aromatic nitrogens is 2. The van der Waals surface area contributed by atoms with Gasteiger partial charge in [-0.25, -0.2) is 0 Å². The van der Waals surface area contributed by atoms with E-state index >= 15 is 0 Å². The second-order valence-electron chi connectivity index (χ2n) is 3.35. The minimum absolute atomic E-state index is 0.586. The Labute approximate surface area is 78.1 Å². The van der Waals surface area contributed by atoms with Crippen molar-refractivity contribution in [3.63, 3.8) is 0 Å². The van der Waals surface area contributed by atoms with Gasteiger partial charge in [0.05, 0.1) is 5.69 Å². The van der Waals surface area contributed by atoms with Crippen molar-refractivity contribution in [2.24, 2.45) is 5.92 Å². The summed E-state index contributed by atoms with van der Waals surface area (Å²) < 4.78 is 1.88. The molecule has 0 amide bonds. The van der Waals surface area contributed by atoms with Crippen molar-refractivity contribution < 1.29 is 4.79 Å². The van der Waals surface area contributed by atoms with Gasteiger partial charge in [-0.15, -0.1) is 0 Å². The standard InChI is InChI=1S/C10H14N2O/c1-9(2)8-12-6-5-10(11-12)4-3-7-13/h3-7,9H,8H2,1-2H3/b4-3+. The first-order valence-corrected chi connectivity index (χ1v) is 4.37. The molecule has 0 bridgehead atoms. The minimum atomic E-state index is 0.586. The number of carbonyl (C=O) groups excluding carboxylic acids is 1. The molecule has 0 aromatic carbocycles. The van der Waals surface area contributed by atoms with Crippen molar-refractivity contribution in [2.45, 2.75) is 20.4 Å². The highest BCUT2D eigenvalue weighted by Crippen LogP contribution is 2.01. The van der Waals surface area contributed by atoms with Crippen LogP contribution in [-0.4, -0.2) is 16.1 Å². The first-order valence-electron chi connectivity index (χ1n) is 4.37. The third-order valence-electron chi connectivity index (χ3n) is 1.56. The predicted octanol–water partition coefficient (Wildman–Crippen LogP) is 1.75. The van der Waals surface area contributed by atoms with Crippen LogP contribution in [-0.2, 0) is 11.3 Å². The summed E-state index contributed by atoms with van der Waals surface area (Å²) in [4.78, 5) is 10.0. The van der Waals surface area contributed by atoms with Crippen LogP contribution in [0.15, 0.2) is 18.3 Å². The Morgan fingerprint density at radius 1 is 1.62 bits per heavy atom. The molecule has 0 atom stereocenters. The van der Waals surface area contributed by atoms with Gasteiger partial charge in [0.15, 0.2) is 0 Å². The van der Waals surface area contributed by atoms with Gasteiger partial charge in [0, 0.05) is 12.7 Å². The lowest BCUT2D eigenvalue weighted by atomic mass is 10.2. The molecule has 0 saturated carbocycles. The van der Waals surface area contributed by atoms with Crippen molar-refractivity contribution in [1.82, 2.24) is 9.78 Å². The zero-order valence-electron chi connectivity index (χ0n) is 7.97. The third kappa shape index (κ3) is 3.23. The Morgan fingerprint density at radius 2 is 2.38 bits per heavy atom. The van der Waals surface area contributed by atoms with Gasteiger partial charge in [0.25, 0.3) is 0 Å². The zero-order chi connectivity index (χ0) is 9.68. The maximum atomic E-state index is 10.0. The van der Waals surface area contributed by atoms with Crippen LogP contribution in [0.25, 0.3) is 6.08 Å². The lowest BCUT2D eigenvalue weighted by molar-refractivity contribution is -0.104. The van der Waals surface area contributed by atoms with E-state index in [0.717, 1.165) is 18.5 Å². The molecular formula is C10H14N2O. The molecular weight excluding hydrogens is 164 g/mol. The largest absolute Gasteiger partial charge is 0.299 e.